The summed E-state index contributed by atoms with van der Waals surface area (Å²) in [6.07, 6.45) is 6.62. The van der Waals surface area contributed by atoms with Gasteiger partial charge < -0.3 is 0 Å². The van der Waals surface area contributed by atoms with E-state index in [1.54, 1.807) is 0 Å². The maximum absolute atomic E-state index is 3.89. The van der Waals surface area contributed by atoms with Gasteiger partial charge in [0, 0.05) is 14.1 Å². The van der Waals surface area contributed by atoms with Crippen LogP contribution in [0.1, 0.15) is 46.0 Å². The first kappa shape index (κ1) is 17.2. The van der Waals surface area contributed by atoms with Gasteiger partial charge in [-0.15, -0.1) is 0 Å². The van der Waals surface area contributed by atoms with Crippen LogP contribution in [0.3, 0.4) is 0 Å². The van der Waals surface area contributed by atoms with Crippen LogP contribution in [0.5, 0.6) is 0 Å². The molecule has 0 aliphatic rings. The smallest absolute Gasteiger partial charge is 0.0255 e. The van der Waals surface area contributed by atoms with Crippen LogP contribution < -0.4 is 15.7 Å². The van der Waals surface area contributed by atoms with Crippen molar-refractivity contribution in [2.45, 2.75) is 52.0 Å². The summed E-state index contributed by atoms with van der Waals surface area (Å²) < 4.78 is 0. The van der Waals surface area contributed by atoms with E-state index in [-0.39, 0.29) is 0 Å². The van der Waals surface area contributed by atoms with Crippen LogP contribution in [-0.4, -0.2) is 6.04 Å². The lowest BCUT2D eigenvalue weighted by Crippen LogP contribution is -2.30. The van der Waals surface area contributed by atoms with Gasteiger partial charge in [-0.25, -0.2) is 0 Å². The lowest BCUT2D eigenvalue weighted by molar-refractivity contribution is 0.554. The summed E-state index contributed by atoms with van der Waals surface area (Å²) in [7, 11) is -0.465. The van der Waals surface area contributed by atoms with Gasteiger partial charge >= 0.3 is 0 Å². The molecule has 118 valence electrons. The van der Waals surface area contributed by atoms with Crippen LogP contribution >= 0.6 is 8.07 Å². The van der Waals surface area contributed by atoms with Crippen molar-refractivity contribution in [1.29, 1.82) is 0 Å². The maximum atomic E-state index is 3.89. The molecule has 22 heavy (non-hydrogen) atoms. The zero-order valence-corrected chi connectivity index (χ0v) is 14.7. The Morgan fingerprint density at radius 3 is 1.86 bits per heavy atom. The van der Waals surface area contributed by atoms with Gasteiger partial charge in [0.05, 0.1) is 0 Å². The fourth-order valence-electron chi connectivity index (χ4n) is 2.61. The predicted octanol–water partition coefficient (Wildman–Crippen LogP) is 4.98. The highest BCUT2D eigenvalue weighted by Gasteiger charge is 2.15. The second-order valence-electron chi connectivity index (χ2n) is 5.89. The summed E-state index contributed by atoms with van der Waals surface area (Å²) >= 11 is 0. The van der Waals surface area contributed by atoms with Crippen LogP contribution in [0.15, 0.2) is 60.7 Å². The van der Waals surface area contributed by atoms with Crippen molar-refractivity contribution in [2.24, 2.45) is 0 Å². The van der Waals surface area contributed by atoms with Crippen LogP contribution in [0.25, 0.3) is 0 Å². The van der Waals surface area contributed by atoms with Crippen molar-refractivity contribution in [3.63, 3.8) is 0 Å². The number of benzene rings is 2. The number of rotatable bonds is 9. The molecule has 2 aromatic rings. The van der Waals surface area contributed by atoms with Crippen molar-refractivity contribution < 1.29 is 0 Å². The summed E-state index contributed by atoms with van der Waals surface area (Å²) in [5.41, 5.74) is 0. The van der Waals surface area contributed by atoms with E-state index < -0.39 is 8.07 Å². The largest absolute Gasteiger partial charge is 0.286 e. The number of hydrogen-bond acceptors (Lipinski definition) is 1. The SMILES string of the molecule is CCCCCCC(C)NP(c1ccccc1)c1ccccc1. The van der Waals surface area contributed by atoms with Crippen LogP contribution in [-0.2, 0) is 0 Å². The third-order valence-corrected chi connectivity index (χ3v) is 6.20. The van der Waals surface area contributed by atoms with Crippen LogP contribution in [0, 0.1) is 0 Å². The average Bonchev–Trinajstić information content (AvgIpc) is 2.58. The third kappa shape index (κ3) is 5.55. The summed E-state index contributed by atoms with van der Waals surface area (Å²) in [5, 5.41) is 6.70. The molecule has 0 fully saturated rings. The zero-order chi connectivity index (χ0) is 15.6. The monoisotopic (exact) mass is 313 g/mol. The first-order valence-corrected chi connectivity index (χ1v) is 9.82. The molecule has 0 bridgehead atoms. The van der Waals surface area contributed by atoms with Gasteiger partial charge in [0.1, 0.15) is 0 Å². The van der Waals surface area contributed by atoms with Crippen molar-refractivity contribution in [3.8, 4) is 0 Å². The maximum Gasteiger partial charge on any atom is 0.0255 e. The standard InChI is InChI=1S/C20H28NP/c1-3-4-5-8-13-18(2)21-22(19-14-9-6-10-15-19)20-16-11-7-12-17-20/h6-7,9-12,14-18,21H,3-5,8,13H2,1-2H3. The Bertz CT molecular complexity index is 472. The molecule has 2 rings (SSSR count). The van der Waals surface area contributed by atoms with Gasteiger partial charge in [0.2, 0.25) is 0 Å². The topological polar surface area (TPSA) is 12.0 Å². The van der Waals surface area contributed by atoms with Gasteiger partial charge in [-0.1, -0.05) is 93.3 Å². The normalized spacial score (nSPS) is 12.5. The van der Waals surface area contributed by atoms with Gasteiger partial charge in [-0.2, -0.15) is 0 Å². The van der Waals surface area contributed by atoms with E-state index in [1.165, 1.54) is 42.7 Å². The van der Waals surface area contributed by atoms with E-state index in [2.05, 4.69) is 79.6 Å². The molecule has 1 unspecified atom stereocenters. The quantitative estimate of drug-likeness (QED) is 0.508. The number of nitrogens with one attached hydrogen (secondary N) is 1. The predicted molar refractivity (Wildman–Crippen MR) is 100 cm³/mol. The molecule has 2 heteroatoms. The van der Waals surface area contributed by atoms with Crippen molar-refractivity contribution in [2.75, 3.05) is 0 Å². The van der Waals surface area contributed by atoms with E-state index in [4.69, 9.17) is 0 Å². The molecule has 1 N–H and O–H groups in total. The van der Waals surface area contributed by atoms with Gasteiger partial charge in [0.15, 0.2) is 0 Å². The molecule has 0 saturated heterocycles. The first-order chi connectivity index (χ1) is 10.8. The summed E-state index contributed by atoms with van der Waals surface area (Å²) in [5.74, 6) is 0. The Hall–Kier alpha value is -1.17. The van der Waals surface area contributed by atoms with E-state index >= 15 is 0 Å². The van der Waals surface area contributed by atoms with Gasteiger partial charge in [-0.05, 0) is 24.0 Å². The second kappa shape index (κ2) is 9.77. The molecule has 0 saturated carbocycles. The molecule has 1 nitrogen and oxygen atoms in total. The zero-order valence-electron chi connectivity index (χ0n) is 13.8. The number of hydrogen-bond donors (Lipinski definition) is 1. The molecular formula is C20H28NP. The van der Waals surface area contributed by atoms with Crippen molar-refractivity contribution >= 4 is 18.7 Å². The number of unbranched alkanes of at least 4 members (excludes halogenated alkanes) is 3. The van der Waals surface area contributed by atoms with Crippen molar-refractivity contribution in [1.82, 2.24) is 5.09 Å². The highest BCUT2D eigenvalue weighted by Crippen LogP contribution is 2.30. The Balaban J connectivity index is 2.03. The minimum Gasteiger partial charge on any atom is -0.286 e. The fourth-order valence-corrected chi connectivity index (χ4v) is 4.72. The van der Waals surface area contributed by atoms with Gasteiger partial charge in [0.25, 0.3) is 0 Å². The fraction of sp³-hybridized carbons (Fsp3) is 0.400. The molecule has 0 heterocycles. The van der Waals surface area contributed by atoms with Gasteiger partial charge in [-0.3, -0.25) is 5.09 Å². The minimum atomic E-state index is -0.465. The Morgan fingerprint density at radius 1 is 0.818 bits per heavy atom. The van der Waals surface area contributed by atoms with E-state index in [0.717, 1.165) is 0 Å². The summed E-state index contributed by atoms with van der Waals surface area (Å²) in [6, 6.07) is 22.3. The lowest BCUT2D eigenvalue weighted by Gasteiger charge is -2.24. The summed E-state index contributed by atoms with van der Waals surface area (Å²) in [6.45, 7) is 4.60. The molecular weight excluding hydrogens is 285 g/mol. The van der Waals surface area contributed by atoms with E-state index in [1.807, 2.05) is 0 Å². The van der Waals surface area contributed by atoms with Crippen LogP contribution in [0.4, 0.5) is 0 Å². The molecule has 2 aromatic carbocycles. The second-order valence-corrected chi connectivity index (χ2v) is 7.85. The Labute approximate surface area is 137 Å². The first-order valence-electron chi connectivity index (χ1n) is 8.47. The highest BCUT2D eigenvalue weighted by molar-refractivity contribution is 7.71. The molecule has 0 aliphatic carbocycles. The van der Waals surface area contributed by atoms with E-state index in [0.29, 0.717) is 6.04 Å². The molecule has 0 aromatic heterocycles. The van der Waals surface area contributed by atoms with Crippen LogP contribution in [0.2, 0.25) is 0 Å². The molecule has 0 radical (unpaired) electrons. The highest BCUT2D eigenvalue weighted by atomic mass is 31.1. The Kier molecular flexibility index (Phi) is 7.63. The average molecular weight is 313 g/mol. The van der Waals surface area contributed by atoms with E-state index in [9.17, 15) is 0 Å². The van der Waals surface area contributed by atoms with Crippen molar-refractivity contribution in [3.05, 3.63) is 60.7 Å². The molecule has 0 aliphatic heterocycles. The Morgan fingerprint density at radius 2 is 1.36 bits per heavy atom. The third-order valence-electron chi connectivity index (χ3n) is 3.87. The lowest BCUT2D eigenvalue weighted by atomic mass is 10.1. The minimum absolute atomic E-state index is 0.465. The summed E-state index contributed by atoms with van der Waals surface area (Å²) in [4.78, 5) is 0. The molecule has 1 atom stereocenters. The molecule has 0 amide bonds. The molecule has 0 spiro atoms.